The van der Waals surface area contributed by atoms with E-state index in [2.05, 4.69) is 10.3 Å². The second kappa shape index (κ2) is 7.96. The summed E-state index contributed by atoms with van der Waals surface area (Å²) in [5, 5.41) is 3.92. The fourth-order valence-corrected chi connectivity index (χ4v) is 3.10. The van der Waals surface area contributed by atoms with Gasteiger partial charge < -0.3 is 10.1 Å². The van der Waals surface area contributed by atoms with Crippen molar-refractivity contribution in [2.45, 2.75) is 13.5 Å². The minimum absolute atomic E-state index is 0.0517. The standard InChI is InChI=1S/C23H21N3O2/c1-2-28-20-11-8-18(9-12-20)25-19-10-13-22-21(14-19)23(27)26(16-24-22)15-17-6-4-3-5-7-17/h3-14,16,25H,2,15H2,1H3. The number of nitrogens with one attached hydrogen (secondary N) is 1. The van der Waals surface area contributed by atoms with Crippen molar-refractivity contribution in [3.05, 3.63) is 95.0 Å². The Morgan fingerprint density at radius 1 is 0.964 bits per heavy atom. The molecule has 0 aliphatic carbocycles. The smallest absolute Gasteiger partial charge is 0.261 e. The third kappa shape index (κ3) is 3.88. The van der Waals surface area contributed by atoms with E-state index in [-0.39, 0.29) is 5.56 Å². The molecule has 0 aliphatic rings. The topological polar surface area (TPSA) is 56.1 Å². The van der Waals surface area contributed by atoms with Gasteiger partial charge in [0.15, 0.2) is 0 Å². The highest BCUT2D eigenvalue weighted by atomic mass is 16.5. The highest BCUT2D eigenvalue weighted by molar-refractivity contribution is 5.82. The van der Waals surface area contributed by atoms with E-state index < -0.39 is 0 Å². The molecule has 0 fully saturated rings. The Labute approximate surface area is 163 Å². The van der Waals surface area contributed by atoms with Gasteiger partial charge in [0.2, 0.25) is 0 Å². The van der Waals surface area contributed by atoms with E-state index in [1.54, 1.807) is 10.9 Å². The molecule has 5 nitrogen and oxygen atoms in total. The van der Waals surface area contributed by atoms with Gasteiger partial charge in [0, 0.05) is 11.4 Å². The van der Waals surface area contributed by atoms with Crippen molar-refractivity contribution >= 4 is 22.3 Å². The van der Waals surface area contributed by atoms with Crippen LogP contribution in [0.3, 0.4) is 0 Å². The van der Waals surface area contributed by atoms with E-state index in [0.29, 0.717) is 24.1 Å². The normalized spacial score (nSPS) is 10.8. The van der Waals surface area contributed by atoms with Gasteiger partial charge in [-0.25, -0.2) is 4.98 Å². The van der Waals surface area contributed by atoms with Gasteiger partial charge >= 0.3 is 0 Å². The second-order valence-electron chi connectivity index (χ2n) is 6.48. The maximum atomic E-state index is 12.9. The van der Waals surface area contributed by atoms with Crippen molar-refractivity contribution in [1.82, 2.24) is 9.55 Å². The van der Waals surface area contributed by atoms with Crippen LogP contribution in [0.15, 0.2) is 83.9 Å². The first-order valence-electron chi connectivity index (χ1n) is 9.26. The second-order valence-corrected chi connectivity index (χ2v) is 6.48. The Kier molecular flexibility index (Phi) is 5.06. The maximum absolute atomic E-state index is 12.9. The van der Waals surface area contributed by atoms with Crippen molar-refractivity contribution in [1.29, 1.82) is 0 Å². The van der Waals surface area contributed by atoms with Crippen LogP contribution >= 0.6 is 0 Å². The van der Waals surface area contributed by atoms with E-state index in [4.69, 9.17) is 4.74 Å². The first kappa shape index (κ1) is 17.8. The van der Waals surface area contributed by atoms with E-state index in [0.717, 1.165) is 22.7 Å². The quantitative estimate of drug-likeness (QED) is 0.539. The summed E-state index contributed by atoms with van der Waals surface area (Å²) in [7, 11) is 0. The molecule has 0 atom stereocenters. The molecule has 0 spiro atoms. The first-order valence-corrected chi connectivity index (χ1v) is 9.26. The number of nitrogens with zero attached hydrogens (tertiary/aromatic N) is 2. The summed E-state index contributed by atoms with van der Waals surface area (Å²) in [6.07, 6.45) is 1.61. The largest absolute Gasteiger partial charge is 0.494 e. The Bertz CT molecular complexity index is 1140. The number of rotatable bonds is 6. The molecule has 1 aromatic heterocycles. The van der Waals surface area contributed by atoms with Gasteiger partial charge in [-0.05, 0) is 55.0 Å². The Morgan fingerprint density at radius 3 is 2.46 bits per heavy atom. The number of hydrogen-bond acceptors (Lipinski definition) is 4. The van der Waals surface area contributed by atoms with E-state index in [1.807, 2.05) is 79.7 Å². The molecular formula is C23H21N3O2. The van der Waals surface area contributed by atoms with Crippen LogP contribution in [-0.2, 0) is 6.54 Å². The minimum atomic E-state index is -0.0517. The summed E-state index contributed by atoms with van der Waals surface area (Å²) in [6.45, 7) is 3.10. The Morgan fingerprint density at radius 2 is 1.71 bits per heavy atom. The van der Waals surface area contributed by atoms with Crippen LogP contribution in [0, 0.1) is 0 Å². The first-order chi connectivity index (χ1) is 13.7. The molecule has 0 saturated heterocycles. The van der Waals surface area contributed by atoms with Crippen LogP contribution in [-0.4, -0.2) is 16.2 Å². The highest BCUT2D eigenvalue weighted by Crippen LogP contribution is 2.22. The average molecular weight is 371 g/mol. The lowest BCUT2D eigenvalue weighted by atomic mass is 10.2. The minimum Gasteiger partial charge on any atom is -0.494 e. The molecule has 28 heavy (non-hydrogen) atoms. The molecule has 4 rings (SSSR count). The lowest BCUT2D eigenvalue weighted by molar-refractivity contribution is 0.340. The third-order valence-electron chi connectivity index (χ3n) is 4.47. The Balaban J connectivity index is 1.62. The zero-order valence-corrected chi connectivity index (χ0v) is 15.6. The van der Waals surface area contributed by atoms with E-state index in [1.165, 1.54) is 0 Å². The Hall–Kier alpha value is -3.60. The van der Waals surface area contributed by atoms with Gasteiger partial charge in [-0.3, -0.25) is 9.36 Å². The van der Waals surface area contributed by atoms with Crippen molar-refractivity contribution in [2.75, 3.05) is 11.9 Å². The molecule has 1 N–H and O–H groups in total. The third-order valence-corrected chi connectivity index (χ3v) is 4.47. The molecule has 0 radical (unpaired) electrons. The van der Waals surface area contributed by atoms with Gasteiger partial charge in [0.25, 0.3) is 5.56 Å². The van der Waals surface area contributed by atoms with Crippen molar-refractivity contribution in [3.63, 3.8) is 0 Å². The molecule has 0 bridgehead atoms. The molecule has 0 saturated carbocycles. The van der Waals surface area contributed by atoms with Crippen LogP contribution in [0.1, 0.15) is 12.5 Å². The highest BCUT2D eigenvalue weighted by Gasteiger charge is 2.06. The summed E-state index contributed by atoms with van der Waals surface area (Å²) in [4.78, 5) is 17.4. The van der Waals surface area contributed by atoms with Crippen LogP contribution in [0.4, 0.5) is 11.4 Å². The van der Waals surface area contributed by atoms with Crippen LogP contribution in [0.5, 0.6) is 5.75 Å². The number of anilines is 2. The number of fused-ring (bicyclic) bond motifs is 1. The van der Waals surface area contributed by atoms with Crippen molar-refractivity contribution in [3.8, 4) is 5.75 Å². The fraction of sp³-hybridized carbons (Fsp3) is 0.130. The summed E-state index contributed by atoms with van der Waals surface area (Å²) >= 11 is 0. The lowest BCUT2D eigenvalue weighted by Crippen LogP contribution is -2.21. The van der Waals surface area contributed by atoms with Crippen molar-refractivity contribution < 1.29 is 4.74 Å². The molecule has 5 heteroatoms. The fourth-order valence-electron chi connectivity index (χ4n) is 3.10. The molecule has 0 amide bonds. The average Bonchev–Trinajstić information content (AvgIpc) is 2.73. The SMILES string of the molecule is CCOc1ccc(Nc2ccc3ncn(Cc4ccccc4)c(=O)c3c2)cc1. The molecule has 0 aliphatic heterocycles. The predicted molar refractivity (Wildman–Crippen MR) is 112 cm³/mol. The van der Waals surface area contributed by atoms with Crippen LogP contribution in [0.2, 0.25) is 0 Å². The molecule has 140 valence electrons. The molecule has 0 unspecified atom stereocenters. The number of benzene rings is 3. The summed E-state index contributed by atoms with van der Waals surface area (Å²) in [5.74, 6) is 0.833. The molecule has 3 aromatic carbocycles. The number of aromatic nitrogens is 2. The molecular weight excluding hydrogens is 350 g/mol. The number of ether oxygens (including phenoxy) is 1. The monoisotopic (exact) mass is 371 g/mol. The van der Waals surface area contributed by atoms with E-state index in [9.17, 15) is 4.79 Å². The summed E-state index contributed by atoms with van der Waals surface area (Å²) < 4.78 is 7.10. The van der Waals surface area contributed by atoms with Crippen LogP contribution in [0.25, 0.3) is 10.9 Å². The molecule has 1 heterocycles. The van der Waals surface area contributed by atoms with Gasteiger partial charge in [0.1, 0.15) is 5.75 Å². The van der Waals surface area contributed by atoms with Crippen molar-refractivity contribution in [2.24, 2.45) is 0 Å². The van der Waals surface area contributed by atoms with Gasteiger partial charge in [-0.1, -0.05) is 30.3 Å². The summed E-state index contributed by atoms with van der Waals surface area (Å²) in [6, 6.07) is 23.3. The zero-order chi connectivity index (χ0) is 19.3. The van der Waals surface area contributed by atoms with Crippen LogP contribution < -0.4 is 15.6 Å². The predicted octanol–water partition coefficient (Wildman–Crippen LogP) is 4.59. The maximum Gasteiger partial charge on any atom is 0.261 e. The number of hydrogen-bond donors (Lipinski definition) is 1. The lowest BCUT2D eigenvalue weighted by Gasteiger charge is -2.10. The summed E-state index contributed by atoms with van der Waals surface area (Å²) in [5.41, 5.74) is 3.47. The zero-order valence-electron chi connectivity index (χ0n) is 15.6. The van der Waals surface area contributed by atoms with Gasteiger partial charge in [0.05, 0.1) is 30.4 Å². The van der Waals surface area contributed by atoms with E-state index >= 15 is 0 Å². The van der Waals surface area contributed by atoms with Gasteiger partial charge in [-0.2, -0.15) is 0 Å². The molecule has 4 aromatic rings. The van der Waals surface area contributed by atoms with Gasteiger partial charge in [-0.15, -0.1) is 0 Å².